The molecule has 5 nitrogen and oxygen atoms in total. The van der Waals surface area contributed by atoms with Gasteiger partial charge in [0, 0.05) is 39.3 Å². The van der Waals surface area contributed by atoms with E-state index in [0.29, 0.717) is 6.54 Å². The van der Waals surface area contributed by atoms with Gasteiger partial charge in [-0.25, -0.2) is 0 Å². The zero-order valence-electron chi connectivity index (χ0n) is 10.4. The number of aliphatic hydroxyl groups is 1. The molecule has 1 aliphatic heterocycles. The molecule has 3 N–H and O–H groups in total. The number of rotatable bonds is 6. The van der Waals surface area contributed by atoms with E-state index >= 15 is 0 Å². The quantitative estimate of drug-likeness (QED) is 0.525. The Bertz CT molecular complexity index is 253. The third-order valence-electron chi connectivity index (χ3n) is 3.20. The molecule has 0 aliphatic carbocycles. The van der Waals surface area contributed by atoms with Gasteiger partial charge in [0.1, 0.15) is 0 Å². The first-order valence-electron chi connectivity index (χ1n) is 6.01. The normalized spacial score (nSPS) is 22.4. The van der Waals surface area contributed by atoms with Gasteiger partial charge in [-0.15, -0.1) is 0 Å². The first-order valence-corrected chi connectivity index (χ1v) is 6.45. The van der Waals surface area contributed by atoms with E-state index in [0.717, 1.165) is 32.7 Å². The molecule has 1 heterocycles. The lowest BCUT2D eigenvalue weighted by molar-refractivity contribution is -0.120. The first kappa shape index (κ1) is 14.9. The maximum Gasteiger partial charge on any atom is 0.163 e. The molecule has 1 atom stereocenters. The lowest BCUT2D eigenvalue weighted by Gasteiger charge is -2.37. The van der Waals surface area contributed by atoms with Crippen LogP contribution in [-0.4, -0.2) is 77.9 Å². The van der Waals surface area contributed by atoms with Crippen LogP contribution in [-0.2, 0) is 4.79 Å². The van der Waals surface area contributed by atoms with Crippen LogP contribution in [0.4, 0.5) is 0 Å². The predicted molar refractivity (Wildman–Crippen MR) is 71.4 cm³/mol. The number of thiol groups is 1. The number of piperazine rings is 1. The third-order valence-corrected chi connectivity index (χ3v) is 3.59. The zero-order valence-corrected chi connectivity index (χ0v) is 11.3. The molecule has 1 unspecified atom stereocenters. The van der Waals surface area contributed by atoms with Crippen molar-refractivity contribution in [3.05, 3.63) is 0 Å². The van der Waals surface area contributed by atoms with Crippen molar-refractivity contribution in [1.29, 1.82) is 0 Å². The number of hydrogen-bond acceptors (Lipinski definition) is 6. The Morgan fingerprint density at radius 3 is 2.35 bits per heavy atom. The van der Waals surface area contributed by atoms with Crippen LogP contribution in [0.1, 0.15) is 6.92 Å². The largest absolute Gasteiger partial charge is 0.395 e. The van der Waals surface area contributed by atoms with Crippen molar-refractivity contribution in [2.24, 2.45) is 5.73 Å². The second-order valence-corrected chi connectivity index (χ2v) is 5.73. The summed E-state index contributed by atoms with van der Waals surface area (Å²) < 4.78 is -0.659. The highest BCUT2D eigenvalue weighted by molar-refractivity contribution is 7.82. The summed E-state index contributed by atoms with van der Waals surface area (Å²) in [5.74, 6) is -0.0152. The molecule has 1 aliphatic rings. The van der Waals surface area contributed by atoms with Gasteiger partial charge in [-0.3, -0.25) is 14.6 Å². The molecule has 1 fully saturated rings. The van der Waals surface area contributed by atoms with Crippen LogP contribution in [0.5, 0.6) is 0 Å². The van der Waals surface area contributed by atoms with Crippen molar-refractivity contribution in [2.45, 2.75) is 11.7 Å². The molecule has 0 aromatic heterocycles. The Morgan fingerprint density at radius 1 is 1.35 bits per heavy atom. The molecule has 0 bridgehead atoms. The summed E-state index contributed by atoms with van der Waals surface area (Å²) in [4.78, 5) is 16.1. The summed E-state index contributed by atoms with van der Waals surface area (Å²) in [6.45, 7) is 7.13. The summed E-state index contributed by atoms with van der Waals surface area (Å²) in [5, 5.41) is 8.85. The van der Waals surface area contributed by atoms with Gasteiger partial charge in [0.15, 0.2) is 5.78 Å². The average Bonchev–Trinajstić information content (AvgIpc) is 2.30. The molecule has 1 saturated heterocycles. The lowest BCUT2D eigenvalue weighted by atomic mass is 10.0. The minimum atomic E-state index is -0.659. The number of β-amino-alcohol motifs (C(OH)–C–C–N with tert-alkyl or cyclic N) is 1. The van der Waals surface area contributed by atoms with Crippen LogP contribution >= 0.6 is 12.6 Å². The molecule has 0 spiro atoms. The van der Waals surface area contributed by atoms with Gasteiger partial charge in [-0.1, -0.05) is 0 Å². The molecular formula is C11H23N3O2S. The fourth-order valence-electron chi connectivity index (χ4n) is 2.06. The second kappa shape index (κ2) is 6.70. The summed E-state index contributed by atoms with van der Waals surface area (Å²) in [7, 11) is 0. The van der Waals surface area contributed by atoms with E-state index < -0.39 is 4.75 Å². The summed E-state index contributed by atoms with van der Waals surface area (Å²) >= 11 is 4.41. The number of carbonyl (C=O) groups excluding carboxylic acids is 1. The van der Waals surface area contributed by atoms with Gasteiger partial charge in [-0.2, -0.15) is 12.6 Å². The van der Waals surface area contributed by atoms with Crippen LogP contribution in [0, 0.1) is 0 Å². The van der Waals surface area contributed by atoms with Crippen LogP contribution < -0.4 is 5.73 Å². The van der Waals surface area contributed by atoms with Gasteiger partial charge in [0.05, 0.1) is 17.9 Å². The molecule has 100 valence electrons. The second-order valence-electron chi connectivity index (χ2n) is 4.74. The van der Waals surface area contributed by atoms with E-state index in [1.54, 1.807) is 0 Å². The van der Waals surface area contributed by atoms with Crippen molar-refractivity contribution >= 4 is 18.4 Å². The number of ketones is 1. The Kier molecular flexibility index (Phi) is 5.88. The number of carbonyl (C=O) groups is 1. The van der Waals surface area contributed by atoms with Crippen molar-refractivity contribution < 1.29 is 9.90 Å². The molecule has 0 aromatic carbocycles. The average molecular weight is 261 g/mol. The Balaban J connectivity index is 2.37. The molecule has 0 saturated carbocycles. The predicted octanol–water partition coefficient (Wildman–Crippen LogP) is -1.19. The molecular weight excluding hydrogens is 238 g/mol. The van der Waals surface area contributed by atoms with Crippen LogP contribution in [0.25, 0.3) is 0 Å². The molecule has 17 heavy (non-hydrogen) atoms. The number of aliphatic hydroxyl groups excluding tert-OH is 1. The maximum atomic E-state index is 11.6. The molecule has 1 rings (SSSR count). The first-order chi connectivity index (χ1) is 7.99. The van der Waals surface area contributed by atoms with Crippen molar-refractivity contribution in [2.75, 3.05) is 52.4 Å². The summed E-state index contributed by atoms with van der Waals surface area (Å²) in [6, 6.07) is 0. The fourth-order valence-corrected chi connectivity index (χ4v) is 2.35. The van der Waals surface area contributed by atoms with Gasteiger partial charge in [0.2, 0.25) is 0 Å². The highest BCUT2D eigenvalue weighted by Crippen LogP contribution is 2.17. The Hall–Kier alpha value is -0.140. The van der Waals surface area contributed by atoms with Gasteiger partial charge >= 0.3 is 0 Å². The van der Waals surface area contributed by atoms with Gasteiger partial charge < -0.3 is 10.8 Å². The minimum Gasteiger partial charge on any atom is -0.395 e. The van der Waals surface area contributed by atoms with Crippen molar-refractivity contribution in [1.82, 2.24) is 9.80 Å². The van der Waals surface area contributed by atoms with E-state index in [-0.39, 0.29) is 18.9 Å². The maximum absolute atomic E-state index is 11.6. The van der Waals surface area contributed by atoms with E-state index in [4.69, 9.17) is 10.8 Å². The van der Waals surface area contributed by atoms with Gasteiger partial charge in [0.25, 0.3) is 0 Å². The Labute approximate surface area is 108 Å². The SMILES string of the molecule is CC(S)(CN1CCN(CCO)CC1)C(=O)CN. The number of hydrogen-bond donors (Lipinski definition) is 3. The highest BCUT2D eigenvalue weighted by Gasteiger charge is 2.31. The van der Waals surface area contributed by atoms with Crippen molar-refractivity contribution in [3.63, 3.8) is 0 Å². The standard InChI is InChI=1S/C11H23N3O2S/c1-11(17,10(16)8-12)9-14-4-2-13(3-5-14)6-7-15/h15,17H,2-9,12H2,1H3. The smallest absolute Gasteiger partial charge is 0.163 e. The summed E-state index contributed by atoms with van der Waals surface area (Å²) in [6.07, 6.45) is 0. The topological polar surface area (TPSA) is 69.8 Å². The summed E-state index contributed by atoms with van der Waals surface area (Å²) in [5.41, 5.74) is 5.37. The van der Waals surface area contributed by atoms with Crippen LogP contribution in [0.2, 0.25) is 0 Å². The lowest BCUT2D eigenvalue weighted by Crippen LogP contribution is -2.52. The van der Waals surface area contributed by atoms with Crippen LogP contribution in [0.15, 0.2) is 0 Å². The fraction of sp³-hybridized carbons (Fsp3) is 0.909. The van der Waals surface area contributed by atoms with E-state index in [9.17, 15) is 4.79 Å². The Morgan fingerprint density at radius 2 is 1.88 bits per heavy atom. The molecule has 6 heteroatoms. The zero-order chi connectivity index (χ0) is 12.9. The number of nitrogens with two attached hydrogens (primary N) is 1. The molecule has 0 aromatic rings. The molecule has 0 amide bonds. The van der Waals surface area contributed by atoms with Gasteiger partial charge in [-0.05, 0) is 6.92 Å². The number of nitrogens with zero attached hydrogens (tertiary/aromatic N) is 2. The van der Waals surface area contributed by atoms with E-state index in [1.165, 1.54) is 0 Å². The van der Waals surface area contributed by atoms with Crippen molar-refractivity contribution in [3.8, 4) is 0 Å². The monoisotopic (exact) mass is 261 g/mol. The van der Waals surface area contributed by atoms with E-state index in [1.807, 2.05) is 6.92 Å². The highest BCUT2D eigenvalue weighted by atomic mass is 32.1. The van der Waals surface area contributed by atoms with E-state index in [2.05, 4.69) is 22.4 Å². The molecule has 0 radical (unpaired) electrons. The third kappa shape index (κ3) is 4.56. The minimum absolute atomic E-state index is 0.0152. The van der Waals surface area contributed by atoms with Crippen LogP contribution in [0.3, 0.4) is 0 Å². The number of Topliss-reactive ketones (excluding diaryl/α,β-unsaturated/α-hetero) is 1.